The molecule has 2 aromatic carbocycles. The van der Waals surface area contributed by atoms with Gasteiger partial charge in [0.25, 0.3) is 0 Å². The molecule has 0 aliphatic rings. The van der Waals surface area contributed by atoms with Gasteiger partial charge in [0.15, 0.2) is 0 Å². The van der Waals surface area contributed by atoms with Gasteiger partial charge in [-0.05, 0) is 50.1 Å². The first kappa shape index (κ1) is 30.7. The SMILES string of the molecule is CCC(C(=O)NC(C)C)N(Cc1ccccc1Cl)C(=O)CN(c1cc(C(F)(F)F)ccc1Cl)S(C)(=O)=O. The third-order valence-corrected chi connectivity index (χ3v) is 7.15. The third-order valence-electron chi connectivity index (χ3n) is 5.34. The number of hydrogen-bond acceptors (Lipinski definition) is 4. The molecule has 2 aromatic rings. The average molecular weight is 582 g/mol. The number of benzene rings is 2. The molecular weight excluding hydrogens is 554 g/mol. The van der Waals surface area contributed by atoms with Crippen LogP contribution >= 0.6 is 23.2 Å². The van der Waals surface area contributed by atoms with E-state index in [0.29, 0.717) is 27.0 Å². The lowest BCUT2D eigenvalue weighted by atomic mass is 10.1. The van der Waals surface area contributed by atoms with Crippen molar-refractivity contribution in [2.75, 3.05) is 17.1 Å². The molecule has 0 spiro atoms. The Morgan fingerprint density at radius 2 is 1.68 bits per heavy atom. The molecular formula is C24H28Cl2F3N3O4S. The van der Waals surface area contributed by atoms with Crippen LogP contribution in [0.15, 0.2) is 42.5 Å². The molecule has 204 valence electrons. The van der Waals surface area contributed by atoms with Crippen molar-refractivity contribution in [2.24, 2.45) is 0 Å². The van der Waals surface area contributed by atoms with Crippen LogP contribution in [0.5, 0.6) is 0 Å². The highest BCUT2D eigenvalue weighted by molar-refractivity contribution is 7.92. The summed E-state index contributed by atoms with van der Waals surface area (Å²) < 4.78 is 65.8. The van der Waals surface area contributed by atoms with Crippen molar-refractivity contribution in [3.8, 4) is 0 Å². The fourth-order valence-electron chi connectivity index (χ4n) is 3.59. The highest BCUT2D eigenvalue weighted by Gasteiger charge is 2.35. The molecule has 1 unspecified atom stereocenters. The summed E-state index contributed by atoms with van der Waals surface area (Å²) in [4.78, 5) is 27.7. The van der Waals surface area contributed by atoms with E-state index in [1.165, 1.54) is 4.90 Å². The van der Waals surface area contributed by atoms with Crippen LogP contribution in [0.1, 0.15) is 38.3 Å². The molecule has 2 amide bonds. The summed E-state index contributed by atoms with van der Waals surface area (Å²) in [5.74, 6) is -1.30. The topological polar surface area (TPSA) is 86.8 Å². The van der Waals surface area contributed by atoms with Crippen molar-refractivity contribution >= 4 is 50.7 Å². The Kier molecular flexibility index (Phi) is 10.3. The van der Waals surface area contributed by atoms with Crippen LogP contribution in [0.4, 0.5) is 18.9 Å². The Morgan fingerprint density at radius 1 is 1.05 bits per heavy atom. The first-order valence-corrected chi connectivity index (χ1v) is 13.8. The molecule has 13 heteroatoms. The molecule has 0 aromatic heterocycles. The van der Waals surface area contributed by atoms with E-state index in [1.807, 2.05) is 0 Å². The Labute approximate surface area is 224 Å². The summed E-state index contributed by atoms with van der Waals surface area (Å²) in [6.07, 6.45) is -3.85. The maximum absolute atomic E-state index is 13.6. The van der Waals surface area contributed by atoms with Crippen LogP contribution in [-0.4, -0.2) is 50.0 Å². The Balaban J connectivity index is 2.56. The zero-order valence-corrected chi connectivity index (χ0v) is 23.0. The molecule has 0 fully saturated rings. The van der Waals surface area contributed by atoms with E-state index in [4.69, 9.17) is 23.2 Å². The molecule has 0 aliphatic heterocycles. The van der Waals surface area contributed by atoms with Gasteiger partial charge in [0.1, 0.15) is 12.6 Å². The van der Waals surface area contributed by atoms with E-state index in [-0.39, 0.29) is 24.0 Å². The van der Waals surface area contributed by atoms with E-state index >= 15 is 0 Å². The minimum atomic E-state index is -4.77. The summed E-state index contributed by atoms with van der Waals surface area (Å²) in [5.41, 5.74) is -1.15. The van der Waals surface area contributed by atoms with Crippen LogP contribution in [0.3, 0.4) is 0 Å². The maximum atomic E-state index is 13.6. The van der Waals surface area contributed by atoms with E-state index in [1.54, 1.807) is 45.0 Å². The van der Waals surface area contributed by atoms with Crippen molar-refractivity contribution in [3.05, 3.63) is 63.6 Å². The second kappa shape index (κ2) is 12.4. The standard InChI is InChI=1S/C24H28Cl2F3N3O4S/c1-5-20(23(34)30-15(2)3)31(13-16-8-6-7-9-18(16)25)22(33)14-32(37(4,35)36)21-12-17(24(27,28)29)10-11-19(21)26/h6-12,15,20H,5,13-14H2,1-4H3,(H,30,34). The van der Waals surface area contributed by atoms with Crippen LogP contribution in [0.2, 0.25) is 10.0 Å². The average Bonchev–Trinajstić information content (AvgIpc) is 2.77. The number of alkyl halides is 3. The van der Waals surface area contributed by atoms with E-state index < -0.39 is 51.9 Å². The Morgan fingerprint density at radius 3 is 2.19 bits per heavy atom. The molecule has 0 saturated heterocycles. The highest BCUT2D eigenvalue weighted by atomic mass is 35.5. The monoisotopic (exact) mass is 581 g/mol. The molecule has 2 rings (SSSR count). The minimum absolute atomic E-state index is 0.142. The van der Waals surface area contributed by atoms with Gasteiger partial charge in [-0.15, -0.1) is 0 Å². The van der Waals surface area contributed by atoms with Crippen LogP contribution in [-0.2, 0) is 32.3 Å². The van der Waals surface area contributed by atoms with Crippen LogP contribution < -0.4 is 9.62 Å². The number of amides is 2. The van der Waals surface area contributed by atoms with Gasteiger partial charge >= 0.3 is 6.18 Å². The van der Waals surface area contributed by atoms with Crippen molar-refractivity contribution in [3.63, 3.8) is 0 Å². The van der Waals surface area contributed by atoms with Gasteiger partial charge in [0.2, 0.25) is 21.8 Å². The number of nitrogens with one attached hydrogen (secondary N) is 1. The molecule has 37 heavy (non-hydrogen) atoms. The quantitative estimate of drug-likeness (QED) is 0.422. The van der Waals surface area contributed by atoms with Gasteiger partial charge in [0, 0.05) is 17.6 Å². The summed E-state index contributed by atoms with van der Waals surface area (Å²) in [6.45, 7) is 4.12. The largest absolute Gasteiger partial charge is 0.416 e. The Hall–Kier alpha value is -2.50. The molecule has 1 N–H and O–H groups in total. The molecule has 0 radical (unpaired) electrons. The molecule has 0 bridgehead atoms. The van der Waals surface area contributed by atoms with Crippen molar-refractivity contribution in [2.45, 2.75) is 52.0 Å². The summed E-state index contributed by atoms with van der Waals surface area (Å²) in [6, 6.07) is 7.55. The van der Waals surface area contributed by atoms with Gasteiger partial charge in [-0.25, -0.2) is 8.42 Å². The van der Waals surface area contributed by atoms with Gasteiger partial charge < -0.3 is 10.2 Å². The van der Waals surface area contributed by atoms with Crippen LogP contribution in [0.25, 0.3) is 0 Å². The number of rotatable bonds is 10. The van der Waals surface area contributed by atoms with Gasteiger partial charge in [-0.2, -0.15) is 13.2 Å². The second-order valence-corrected chi connectivity index (χ2v) is 11.4. The van der Waals surface area contributed by atoms with Gasteiger partial charge in [0.05, 0.1) is 22.5 Å². The zero-order chi connectivity index (χ0) is 28.1. The minimum Gasteiger partial charge on any atom is -0.352 e. The molecule has 0 saturated carbocycles. The highest BCUT2D eigenvalue weighted by Crippen LogP contribution is 2.36. The van der Waals surface area contributed by atoms with Crippen molar-refractivity contribution in [1.82, 2.24) is 10.2 Å². The lowest BCUT2D eigenvalue weighted by Crippen LogP contribution is -2.53. The van der Waals surface area contributed by atoms with E-state index in [9.17, 15) is 31.2 Å². The van der Waals surface area contributed by atoms with Crippen LogP contribution in [0, 0.1) is 0 Å². The molecule has 7 nitrogen and oxygen atoms in total. The zero-order valence-electron chi connectivity index (χ0n) is 20.6. The lowest BCUT2D eigenvalue weighted by molar-refractivity contribution is -0.140. The van der Waals surface area contributed by atoms with Gasteiger partial charge in [-0.3, -0.25) is 13.9 Å². The lowest BCUT2D eigenvalue weighted by Gasteiger charge is -2.33. The normalized spacial score (nSPS) is 12.8. The molecule has 0 heterocycles. The molecule has 0 aliphatic carbocycles. The summed E-state index contributed by atoms with van der Waals surface area (Å²) >= 11 is 12.3. The fraction of sp³-hybridized carbons (Fsp3) is 0.417. The first-order chi connectivity index (χ1) is 17.1. The third kappa shape index (κ3) is 8.24. The first-order valence-electron chi connectivity index (χ1n) is 11.2. The number of halogens is 5. The van der Waals surface area contributed by atoms with E-state index in [2.05, 4.69) is 5.32 Å². The number of sulfonamides is 1. The van der Waals surface area contributed by atoms with Crippen molar-refractivity contribution < 1.29 is 31.2 Å². The number of hydrogen-bond donors (Lipinski definition) is 1. The number of anilines is 1. The van der Waals surface area contributed by atoms with Gasteiger partial charge in [-0.1, -0.05) is 48.3 Å². The number of carbonyl (C=O) groups is 2. The second-order valence-electron chi connectivity index (χ2n) is 8.63. The summed E-state index contributed by atoms with van der Waals surface area (Å²) in [5, 5.41) is 2.76. The van der Waals surface area contributed by atoms with E-state index in [0.717, 1.165) is 12.3 Å². The molecule has 1 atom stereocenters. The predicted molar refractivity (Wildman–Crippen MR) is 138 cm³/mol. The Bertz CT molecular complexity index is 1240. The fourth-order valence-corrected chi connectivity index (χ4v) is 4.90. The smallest absolute Gasteiger partial charge is 0.352 e. The summed E-state index contributed by atoms with van der Waals surface area (Å²) in [7, 11) is -4.28. The maximum Gasteiger partial charge on any atom is 0.416 e. The predicted octanol–water partition coefficient (Wildman–Crippen LogP) is 5.11. The number of nitrogens with zero attached hydrogens (tertiary/aromatic N) is 2. The van der Waals surface area contributed by atoms with Crippen molar-refractivity contribution in [1.29, 1.82) is 0 Å². The number of carbonyl (C=O) groups excluding carboxylic acids is 2.